The molecule has 0 bridgehead atoms. The quantitative estimate of drug-likeness (QED) is 0.172. The first kappa shape index (κ1) is 24.6. The monoisotopic (exact) mass is 574 g/mol. The zero-order valence-corrected chi connectivity index (χ0v) is 21.8. The molecule has 4 aromatic carbocycles. The molecular weight excluding hydrogens is 552 g/mol. The van der Waals surface area contributed by atoms with E-state index in [-0.39, 0.29) is 31.8 Å². The molecule has 0 saturated carbocycles. The van der Waals surface area contributed by atoms with Crippen molar-refractivity contribution in [1.82, 2.24) is 0 Å². The average Bonchev–Trinajstić information content (AvgIpc) is 2.85. The Morgan fingerprint density at radius 2 is 0.613 bits per heavy atom. The van der Waals surface area contributed by atoms with Crippen LogP contribution in [-0.2, 0) is 15.9 Å². The van der Waals surface area contributed by atoms with E-state index < -0.39 is 0 Å². The van der Waals surface area contributed by atoms with Gasteiger partial charge < -0.3 is 0 Å². The zero-order chi connectivity index (χ0) is 21.7. The van der Waals surface area contributed by atoms with Crippen LogP contribution in [0, 0.1) is 0 Å². The molecule has 0 heterocycles. The van der Waals surface area contributed by atoms with Crippen molar-refractivity contribution in [3.05, 3.63) is 121 Å². The van der Waals surface area contributed by atoms with Crippen molar-refractivity contribution in [2.75, 3.05) is 12.3 Å². The molecule has 0 aromatic heterocycles. The van der Waals surface area contributed by atoms with Crippen LogP contribution in [0.3, 0.4) is 0 Å². The standard InChI is InChI=1S/C26H24P2.2ClH.Pd/c1-5-13-23(14-6-1)27(24-15-7-2-8-16-24)21-22-28(25-17-9-3-10-18-25)26-19-11-4-12-20-26;;;/h1-20H,21-22H2;2*1H;/q;;;+2/p-2. The molecule has 0 unspecified atom stereocenters. The molecule has 0 aliphatic heterocycles. The summed E-state index contributed by atoms with van der Waals surface area (Å²) in [5.41, 5.74) is 0. The van der Waals surface area contributed by atoms with Crippen LogP contribution in [0.1, 0.15) is 0 Å². The Bertz CT molecular complexity index is 825. The van der Waals surface area contributed by atoms with Crippen molar-refractivity contribution in [2.45, 2.75) is 0 Å². The Kier molecular flexibility index (Phi) is 11.3. The van der Waals surface area contributed by atoms with E-state index in [1.807, 2.05) is 0 Å². The van der Waals surface area contributed by atoms with Gasteiger partial charge in [-0.05, 0) is 49.4 Å². The van der Waals surface area contributed by atoms with Crippen LogP contribution in [0.5, 0.6) is 0 Å². The molecule has 5 heteroatoms. The third-order valence-corrected chi connectivity index (χ3v) is 10.2. The molecule has 31 heavy (non-hydrogen) atoms. The van der Waals surface area contributed by atoms with Gasteiger partial charge in [0.15, 0.2) is 0 Å². The van der Waals surface area contributed by atoms with E-state index in [0.29, 0.717) is 0 Å². The molecule has 162 valence electrons. The molecule has 0 aliphatic carbocycles. The van der Waals surface area contributed by atoms with Crippen molar-refractivity contribution in [3.63, 3.8) is 0 Å². The number of rotatable bonds is 7. The molecule has 4 aromatic rings. The van der Waals surface area contributed by atoms with Gasteiger partial charge in [-0.15, -0.1) is 0 Å². The van der Waals surface area contributed by atoms with Crippen LogP contribution >= 0.6 is 34.9 Å². The van der Waals surface area contributed by atoms with Gasteiger partial charge in [-0.2, -0.15) is 0 Å². The van der Waals surface area contributed by atoms with Gasteiger partial charge in [-0.3, -0.25) is 0 Å². The molecule has 0 amide bonds. The first-order chi connectivity index (χ1) is 15.3. The van der Waals surface area contributed by atoms with Gasteiger partial charge in [0, 0.05) is 0 Å². The van der Waals surface area contributed by atoms with E-state index in [1.165, 1.54) is 33.5 Å². The molecule has 0 fully saturated rings. The minimum absolute atomic E-state index is 0.106. The first-order valence-electron chi connectivity index (χ1n) is 9.91. The van der Waals surface area contributed by atoms with Crippen LogP contribution in [0.2, 0.25) is 0 Å². The third kappa shape index (κ3) is 7.81. The van der Waals surface area contributed by atoms with E-state index in [1.54, 1.807) is 0 Å². The fourth-order valence-electron chi connectivity index (χ4n) is 3.45. The topological polar surface area (TPSA) is 0 Å². The Hall–Kier alpha value is -1.02. The van der Waals surface area contributed by atoms with Gasteiger partial charge in [-0.1, -0.05) is 121 Å². The second kappa shape index (κ2) is 14.2. The van der Waals surface area contributed by atoms with Gasteiger partial charge >= 0.3 is 35.0 Å². The van der Waals surface area contributed by atoms with Gasteiger partial charge in [0.2, 0.25) is 0 Å². The maximum absolute atomic E-state index is 4.81. The van der Waals surface area contributed by atoms with Crippen molar-refractivity contribution >= 4 is 56.1 Å². The van der Waals surface area contributed by atoms with Crippen molar-refractivity contribution < 1.29 is 15.9 Å². The van der Waals surface area contributed by atoms with Crippen molar-refractivity contribution in [3.8, 4) is 0 Å². The van der Waals surface area contributed by atoms with Crippen LogP contribution < -0.4 is 21.2 Å². The van der Waals surface area contributed by atoms with Crippen molar-refractivity contribution in [2.24, 2.45) is 0 Å². The third-order valence-electron chi connectivity index (χ3n) is 4.82. The second-order valence-electron chi connectivity index (χ2n) is 6.69. The molecule has 4 rings (SSSR count). The van der Waals surface area contributed by atoms with E-state index in [0.717, 1.165) is 0 Å². The molecule has 0 radical (unpaired) electrons. The van der Waals surface area contributed by atoms with Crippen LogP contribution in [0.4, 0.5) is 0 Å². The molecule has 0 aliphatic rings. The number of halogens is 2. The summed E-state index contributed by atoms with van der Waals surface area (Å²) in [5.74, 6) is 0. The molecule has 0 saturated heterocycles. The summed E-state index contributed by atoms with van der Waals surface area (Å²) >= 11 is -0.106. The van der Waals surface area contributed by atoms with E-state index >= 15 is 0 Å². The predicted molar refractivity (Wildman–Crippen MR) is 140 cm³/mol. The van der Waals surface area contributed by atoms with E-state index in [9.17, 15) is 0 Å². The van der Waals surface area contributed by atoms with Crippen LogP contribution in [0.15, 0.2) is 121 Å². The SMILES string of the molecule is [Cl][Pd][Cl].c1ccc(P(CCP(c2ccccc2)c2ccccc2)c2ccccc2)cc1. The summed E-state index contributed by atoms with van der Waals surface area (Å²) in [6, 6.07) is 44.2. The maximum Gasteiger partial charge on any atom is -0.0195 e. The number of hydrogen-bond acceptors (Lipinski definition) is 0. The van der Waals surface area contributed by atoms with Gasteiger partial charge in [0.1, 0.15) is 0 Å². The van der Waals surface area contributed by atoms with Gasteiger partial charge in [0.25, 0.3) is 0 Å². The van der Waals surface area contributed by atoms with E-state index in [4.69, 9.17) is 19.1 Å². The average molecular weight is 576 g/mol. The van der Waals surface area contributed by atoms with Gasteiger partial charge in [0.05, 0.1) is 0 Å². The molecular formula is C26H24Cl2P2Pd. The zero-order valence-electron chi connectivity index (χ0n) is 16.9. The normalized spacial score (nSPS) is 10.7. The molecule has 0 spiro atoms. The first-order valence-corrected chi connectivity index (χ1v) is 17.0. The largest absolute Gasteiger partial charge is 0.0622 e. The molecule has 0 N–H and O–H groups in total. The number of hydrogen-bond donors (Lipinski definition) is 0. The molecule has 0 atom stereocenters. The summed E-state index contributed by atoms with van der Waals surface area (Å²) in [4.78, 5) is 0. The van der Waals surface area contributed by atoms with Crippen LogP contribution in [0.25, 0.3) is 0 Å². The minimum atomic E-state index is -0.348. The maximum atomic E-state index is 4.81. The second-order valence-corrected chi connectivity index (χ2v) is 13.7. The minimum Gasteiger partial charge on any atom is -0.0622 e. The Balaban J connectivity index is 0.000000858. The van der Waals surface area contributed by atoms with E-state index in [2.05, 4.69) is 121 Å². The van der Waals surface area contributed by atoms with Crippen molar-refractivity contribution in [1.29, 1.82) is 0 Å². The summed E-state index contributed by atoms with van der Waals surface area (Å²) in [6.45, 7) is 0. The Labute approximate surface area is 204 Å². The van der Waals surface area contributed by atoms with Gasteiger partial charge in [-0.25, -0.2) is 0 Å². The van der Waals surface area contributed by atoms with Crippen LogP contribution in [-0.4, -0.2) is 12.3 Å². The predicted octanol–water partition coefficient (Wildman–Crippen LogP) is 6.63. The summed E-state index contributed by atoms with van der Waals surface area (Å²) in [7, 11) is 8.93. The number of benzene rings is 4. The summed E-state index contributed by atoms with van der Waals surface area (Å²) < 4.78 is 0. The Morgan fingerprint density at radius 3 is 0.806 bits per heavy atom. The molecule has 0 nitrogen and oxygen atoms in total. The smallest absolute Gasteiger partial charge is 0.0195 e. The summed E-state index contributed by atoms with van der Waals surface area (Å²) in [5, 5.41) is 5.89. The fourth-order valence-corrected chi connectivity index (χ4v) is 8.80. The Morgan fingerprint density at radius 1 is 0.419 bits per heavy atom. The fraction of sp³-hybridized carbons (Fsp3) is 0.0769. The summed E-state index contributed by atoms with van der Waals surface area (Å²) in [6.07, 6.45) is 2.41.